The van der Waals surface area contributed by atoms with Gasteiger partial charge >= 0.3 is 0 Å². The van der Waals surface area contributed by atoms with Gasteiger partial charge in [0.1, 0.15) is 18.8 Å². The highest BCUT2D eigenvalue weighted by molar-refractivity contribution is 6.46. The number of ether oxygens (including phenoxy) is 1. The molecule has 7 nitrogen and oxygen atoms in total. The van der Waals surface area contributed by atoms with E-state index in [1.165, 1.54) is 4.90 Å². The summed E-state index contributed by atoms with van der Waals surface area (Å²) in [5.74, 6) is -1.33. The van der Waals surface area contributed by atoms with Gasteiger partial charge in [0.2, 0.25) is 0 Å². The molecule has 1 atom stereocenters. The van der Waals surface area contributed by atoms with Gasteiger partial charge in [0.05, 0.1) is 37.9 Å². The van der Waals surface area contributed by atoms with Crippen molar-refractivity contribution in [1.29, 1.82) is 0 Å². The quantitative estimate of drug-likeness (QED) is 0.403. The first-order valence-electron chi connectivity index (χ1n) is 11.0. The minimum absolute atomic E-state index is 0.133. The van der Waals surface area contributed by atoms with E-state index in [2.05, 4.69) is 0 Å². The van der Waals surface area contributed by atoms with Crippen molar-refractivity contribution >= 4 is 23.1 Å². The number of Topliss-reactive ketones (excluding diaryl/α,β-unsaturated/α-hetero) is 1. The molecule has 0 aliphatic carbocycles. The number of aliphatic hydroxyl groups excluding tert-OH is 1. The number of carbonyl (C=O) groups is 2. The molecule has 2 aliphatic rings. The Morgan fingerprint density at radius 2 is 1.72 bits per heavy atom. The minimum Gasteiger partial charge on any atom is -0.507 e. The van der Waals surface area contributed by atoms with Gasteiger partial charge in [-0.2, -0.15) is 0 Å². The van der Waals surface area contributed by atoms with Gasteiger partial charge in [-0.25, -0.2) is 0 Å². The molecule has 0 unspecified atom stereocenters. The van der Waals surface area contributed by atoms with Crippen LogP contribution < -0.4 is 9.80 Å². The first-order chi connectivity index (χ1) is 15.5. The highest BCUT2D eigenvalue weighted by atomic mass is 16.5. The zero-order chi connectivity index (χ0) is 22.7. The van der Waals surface area contributed by atoms with Gasteiger partial charge in [0.15, 0.2) is 0 Å². The maximum atomic E-state index is 13.1. The summed E-state index contributed by atoms with van der Waals surface area (Å²) in [4.78, 5) is 31.1. The zero-order valence-corrected chi connectivity index (χ0v) is 18.6. The number of benzene rings is 2. The summed E-state index contributed by atoms with van der Waals surface area (Å²) in [6.45, 7) is 4.35. The maximum Gasteiger partial charge on any atom is 0.295 e. The number of hydrogen-bond acceptors (Lipinski definition) is 5. The van der Waals surface area contributed by atoms with E-state index in [0.717, 1.165) is 30.9 Å². The summed E-state index contributed by atoms with van der Waals surface area (Å²) in [6.07, 6.45) is 0. The number of carbonyl (C=O) groups excluding carboxylic acids is 2. The summed E-state index contributed by atoms with van der Waals surface area (Å²) >= 11 is 0. The number of anilines is 1. The fourth-order valence-corrected chi connectivity index (χ4v) is 4.35. The van der Waals surface area contributed by atoms with Gasteiger partial charge in [-0.1, -0.05) is 42.5 Å². The fourth-order valence-electron chi connectivity index (χ4n) is 4.35. The van der Waals surface area contributed by atoms with Crippen LogP contribution in [0.4, 0.5) is 5.69 Å². The van der Waals surface area contributed by atoms with Crippen molar-refractivity contribution in [2.24, 2.45) is 0 Å². The van der Waals surface area contributed by atoms with Crippen molar-refractivity contribution in [1.82, 2.24) is 4.90 Å². The third-order valence-electron chi connectivity index (χ3n) is 6.22. The second-order valence-corrected chi connectivity index (χ2v) is 8.46. The number of amides is 1. The number of ketones is 1. The second-order valence-electron chi connectivity index (χ2n) is 8.46. The molecular weight excluding hydrogens is 406 g/mol. The smallest absolute Gasteiger partial charge is 0.295 e. The molecular formula is C25H30N3O4+. The number of quaternary nitrogens is 1. The molecule has 32 heavy (non-hydrogen) atoms. The molecule has 2 saturated heterocycles. The molecule has 2 aromatic rings. The largest absolute Gasteiger partial charge is 0.507 e. The number of rotatable bonds is 6. The van der Waals surface area contributed by atoms with Gasteiger partial charge < -0.3 is 24.5 Å². The van der Waals surface area contributed by atoms with Crippen molar-refractivity contribution < 1.29 is 24.3 Å². The normalized spacial score (nSPS) is 21.2. The molecule has 0 spiro atoms. The minimum atomic E-state index is -0.634. The number of likely N-dealkylation sites (tertiary alicyclic amines) is 1. The van der Waals surface area contributed by atoms with Crippen molar-refractivity contribution in [3.63, 3.8) is 0 Å². The van der Waals surface area contributed by atoms with Crippen molar-refractivity contribution in [3.05, 3.63) is 71.3 Å². The van der Waals surface area contributed by atoms with Gasteiger partial charge in [0, 0.05) is 25.3 Å². The number of nitrogens with zero attached hydrogens (tertiary/aromatic N) is 2. The molecule has 2 heterocycles. The van der Waals surface area contributed by atoms with E-state index >= 15 is 0 Å². The third-order valence-corrected chi connectivity index (χ3v) is 6.22. The van der Waals surface area contributed by atoms with E-state index in [-0.39, 0.29) is 11.3 Å². The second kappa shape index (κ2) is 9.54. The lowest BCUT2D eigenvalue weighted by Crippen LogP contribution is -3.14. The van der Waals surface area contributed by atoms with Crippen LogP contribution in [-0.2, 0) is 14.3 Å². The Bertz CT molecular complexity index is 996. The van der Waals surface area contributed by atoms with Crippen LogP contribution >= 0.6 is 0 Å². The number of nitrogens with one attached hydrogen (secondary N) is 1. The predicted molar refractivity (Wildman–Crippen MR) is 123 cm³/mol. The fraction of sp³-hybridized carbons (Fsp3) is 0.360. The summed E-state index contributed by atoms with van der Waals surface area (Å²) in [5.41, 5.74) is 2.51. The highest BCUT2D eigenvalue weighted by Crippen LogP contribution is 2.39. The van der Waals surface area contributed by atoms with Crippen LogP contribution in [0.2, 0.25) is 0 Å². The van der Waals surface area contributed by atoms with Crippen molar-refractivity contribution in [3.8, 4) is 0 Å². The van der Waals surface area contributed by atoms with Crippen LogP contribution in [0, 0.1) is 0 Å². The molecule has 2 aliphatic heterocycles. The predicted octanol–water partition coefficient (Wildman–Crippen LogP) is 1.09. The molecule has 2 aromatic carbocycles. The Kier molecular flexibility index (Phi) is 6.58. The lowest BCUT2D eigenvalue weighted by Gasteiger charge is -2.29. The Morgan fingerprint density at radius 1 is 1.06 bits per heavy atom. The standard InChI is InChI=1S/C25H29N3O4/c1-26(2)20-10-8-18(9-11-20)22-21(23(29)19-6-4-3-5-7-19)24(30)25(31)28(22)13-12-27-14-16-32-17-15-27/h3-11,22,29H,12-17H2,1-2H3/p+1/t22-/m1/s1. The molecule has 2 fully saturated rings. The highest BCUT2D eigenvalue weighted by Gasteiger charge is 2.46. The average molecular weight is 437 g/mol. The molecule has 0 bridgehead atoms. The molecule has 0 aromatic heterocycles. The van der Waals surface area contributed by atoms with Gasteiger partial charge in [0.25, 0.3) is 11.7 Å². The van der Waals surface area contributed by atoms with Crippen molar-refractivity contribution in [2.45, 2.75) is 6.04 Å². The first kappa shape index (κ1) is 22.0. The van der Waals surface area contributed by atoms with E-state index in [4.69, 9.17) is 4.74 Å². The van der Waals surface area contributed by atoms with Crippen LogP contribution in [0.1, 0.15) is 17.2 Å². The lowest BCUT2D eigenvalue weighted by molar-refractivity contribution is -0.907. The van der Waals surface area contributed by atoms with Crippen LogP contribution in [0.15, 0.2) is 60.2 Å². The van der Waals surface area contributed by atoms with Gasteiger partial charge in [-0.3, -0.25) is 9.59 Å². The van der Waals surface area contributed by atoms with E-state index in [9.17, 15) is 14.7 Å². The van der Waals surface area contributed by atoms with E-state index in [1.807, 2.05) is 49.3 Å². The Labute approximate surface area is 188 Å². The summed E-state index contributed by atoms with van der Waals surface area (Å²) in [6, 6.07) is 16.1. The molecule has 1 amide bonds. The molecule has 7 heteroatoms. The van der Waals surface area contributed by atoms with Crippen LogP contribution in [0.25, 0.3) is 5.76 Å². The van der Waals surface area contributed by atoms with Crippen LogP contribution in [0.5, 0.6) is 0 Å². The molecule has 168 valence electrons. The van der Waals surface area contributed by atoms with Crippen LogP contribution in [-0.4, -0.2) is 75.2 Å². The lowest BCUT2D eigenvalue weighted by atomic mass is 9.95. The molecule has 0 radical (unpaired) electrons. The summed E-state index contributed by atoms with van der Waals surface area (Å²) in [7, 11) is 3.92. The SMILES string of the molecule is CN(C)c1ccc([C@@H]2C(=C(O)c3ccccc3)C(=O)C(=O)N2CC[NH+]2CCOCC2)cc1. The molecule has 0 saturated carbocycles. The Hall–Kier alpha value is -3.16. The number of hydrogen-bond donors (Lipinski definition) is 2. The Morgan fingerprint density at radius 3 is 2.34 bits per heavy atom. The van der Waals surface area contributed by atoms with E-state index < -0.39 is 17.7 Å². The monoisotopic (exact) mass is 436 g/mol. The van der Waals surface area contributed by atoms with Gasteiger partial charge in [-0.15, -0.1) is 0 Å². The Balaban J connectivity index is 1.72. The number of morpholine rings is 1. The molecule has 4 rings (SSSR count). The van der Waals surface area contributed by atoms with Crippen molar-refractivity contribution in [2.75, 3.05) is 58.4 Å². The topological polar surface area (TPSA) is 74.5 Å². The average Bonchev–Trinajstić information content (AvgIpc) is 3.08. The van der Waals surface area contributed by atoms with E-state index in [1.54, 1.807) is 29.2 Å². The summed E-state index contributed by atoms with van der Waals surface area (Å²) < 4.78 is 5.43. The maximum absolute atomic E-state index is 13.1. The third kappa shape index (κ3) is 4.40. The first-order valence-corrected chi connectivity index (χ1v) is 11.0. The van der Waals surface area contributed by atoms with E-state index in [0.29, 0.717) is 25.3 Å². The zero-order valence-electron chi connectivity index (χ0n) is 18.6. The number of aliphatic hydroxyl groups is 1. The van der Waals surface area contributed by atoms with Crippen LogP contribution in [0.3, 0.4) is 0 Å². The molecule has 2 N–H and O–H groups in total. The summed E-state index contributed by atoms with van der Waals surface area (Å²) in [5, 5.41) is 11.1. The van der Waals surface area contributed by atoms with Gasteiger partial charge in [-0.05, 0) is 17.7 Å².